The second-order valence-electron chi connectivity index (χ2n) is 5.85. The third-order valence-electron chi connectivity index (χ3n) is 3.50. The van der Waals surface area contributed by atoms with Crippen molar-refractivity contribution < 1.29 is 4.79 Å². The first kappa shape index (κ1) is 18.7. The Morgan fingerprint density at radius 2 is 2.14 bits per heavy atom. The van der Waals surface area contributed by atoms with Crippen LogP contribution < -0.4 is 16.4 Å². The average Bonchev–Trinajstić information content (AvgIpc) is 3.27. The summed E-state index contributed by atoms with van der Waals surface area (Å²) in [6.45, 7) is 5.11. The molecule has 4 N–H and O–H groups in total. The van der Waals surface area contributed by atoms with Gasteiger partial charge in [-0.2, -0.15) is 0 Å². The zero-order chi connectivity index (χ0) is 15.2. The number of nitrogens with one attached hydrogen (secondary N) is 2. The number of carbonyl (C=O) groups is 1. The van der Waals surface area contributed by atoms with Crippen molar-refractivity contribution in [3.05, 3.63) is 29.8 Å². The minimum atomic E-state index is -0.0809. The van der Waals surface area contributed by atoms with Crippen molar-refractivity contribution in [1.82, 2.24) is 5.32 Å². The molecule has 1 amide bonds. The molecule has 22 heavy (non-hydrogen) atoms. The Hall–Kier alpha value is -1.31. The molecule has 1 fully saturated rings. The van der Waals surface area contributed by atoms with Gasteiger partial charge >= 0.3 is 0 Å². The molecular formula is C16H25IN4O. The number of aliphatic imine (C=N–C) groups is 1. The number of nitrogens with two attached hydrogens (primary N) is 1. The number of halogens is 1. The van der Waals surface area contributed by atoms with Crippen LogP contribution in [0.5, 0.6) is 0 Å². The first-order valence-electron chi connectivity index (χ1n) is 7.48. The van der Waals surface area contributed by atoms with Crippen molar-refractivity contribution in [3.8, 4) is 0 Å². The molecule has 1 aliphatic carbocycles. The molecule has 0 atom stereocenters. The predicted octanol–water partition coefficient (Wildman–Crippen LogP) is 2.68. The summed E-state index contributed by atoms with van der Waals surface area (Å²) in [6, 6.07) is 8.03. The lowest BCUT2D eigenvalue weighted by Crippen LogP contribution is -2.30. The van der Waals surface area contributed by atoms with Crippen LogP contribution in [0.3, 0.4) is 0 Å². The fourth-order valence-electron chi connectivity index (χ4n) is 1.96. The van der Waals surface area contributed by atoms with Crippen molar-refractivity contribution in [2.75, 3.05) is 18.4 Å². The van der Waals surface area contributed by atoms with E-state index in [1.165, 1.54) is 18.4 Å². The molecule has 1 saturated carbocycles. The Kier molecular flexibility index (Phi) is 7.64. The van der Waals surface area contributed by atoms with Crippen LogP contribution in [0.4, 0.5) is 5.69 Å². The van der Waals surface area contributed by atoms with Crippen molar-refractivity contribution in [2.45, 2.75) is 32.6 Å². The van der Waals surface area contributed by atoms with Crippen LogP contribution in [0.25, 0.3) is 0 Å². The van der Waals surface area contributed by atoms with E-state index in [0.29, 0.717) is 11.8 Å². The molecule has 1 aliphatic rings. The molecule has 0 heterocycles. The minimum Gasteiger partial charge on any atom is -0.370 e. The van der Waals surface area contributed by atoms with Crippen molar-refractivity contribution in [3.63, 3.8) is 0 Å². The van der Waals surface area contributed by atoms with Gasteiger partial charge in [-0.05, 0) is 42.4 Å². The van der Waals surface area contributed by atoms with E-state index in [0.717, 1.165) is 12.2 Å². The Morgan fingerprint density at radius 1 is 1.41 bits per heavy atom. The summed E-state index contributed by atoms with van der Waals surface area (Å²) in [6.07, 6.45) is 2.44. The van der Waals surface area contributed by atoms with Gasteiger partial charge in [0.25, 0.3) is 0 Å². The highest BCUT2D eigenvalue weighted by Crippen LogP contribution is 2.27. The third-order valence-corrected chi connectivity index (χ3v) is 3.50. The highest BCUT2D eigenvalue weighted by Gasteiger charge is 2.21. The van der Waals surface area contributed by atoms with E-state index in [1.54, 1.807) is 0 Å². The van der Waals surface area contributed by atoms with Crippen LogP contribution in [0, 0.1) is 5.92 Å². The summed E-state index contributed by atoms with van der Waals surface area (Å²) in [5.74, 6) is 1.31. The summed E-state index contributed by atoms with van der Waals surface area (Å²) in [5, 5.41) is 5.88. The maximum atomic E-state index is 11.6. The molecule has 0 spiro atoms. The Labute approximate surface area is 149 Å². The summed E-state index contributed by atoms with van der Waals surface area (Å²) < 4.78 is 0. The molecule has 2 rings (SSSR count). The van der Waals surface area contributed by atoms with Crippen LogP contribution in [0.2, 0.25) is 0 Å². The molecule has 0 bridgehead atoms. The van der Waals surface area contributed by atoms with Crippen molar-refractivity contribution >= 4 is 41.5 Å². The van der Waals surface area contributed by atoms with Crippen LogP contribution in [0.15, 0.2) is 29.3 Å². The predicted molar refractivity (Wildman–Crippen MR) is 102 cm³/mol. The van der Waals surface area contributed by atoms with Gasteiger partial charge in [0.1, 0.15) is 6.54 Å². The van der Waals surface area contributed by atoms with Gasteiger partial charge in [-0.25, -0.2) is 4.99 Å². The highest BCUT2D eigenvalue weighted by molar-refractivity contribution is 14.0. The first-order valence-corrected chi connectivity index (χ1v) is 7.48. The summed E-state index contributed by atoms with van der Waals surface area (Å²) in [7, 11) is 0. The number of carbonyl (C=O) groups excluding carboxylic acids is 1. The largest absolute Gasteiger partial charge is 0.370 e. The van der Waals surface area contributed by atoms with E-state index in [4.69, 9.17) is 5.73 Å². The summed E-state index contributed by atoms with van der Waals surface area (Å²) in [4.78, 5) is 15.6. The number of guanidine groups is 1. The molecule has 0 aromatic heterocycles. The molecule has 1 aromatic rings. The van der Waals surface area contributed by atoms with Gasteiger partial charge in [0.15, 0.2) is 5.96 Å². The van der Waals surface area contributed by atoms with Gasteiger partial charge in [-0.15, -0.1) is 24.0 Å². The number of anilines is 1. The Bertz CT molecular complexity index is 527. The van der Waals surface area contributed by atoms with E-state index >= 15 is 0 Å². The van der Waals surface area contributed by atoms with Gasteiger partial charge in [0.2, 0.25) is 5.91 Å². The lowest BCUT2D eigenvalue weighted by molar-refractivity contribution is -0.119. The number of benzene rings is 1. The zero-order valence-electron chi connectivity index (χ0n) is 13.1. The first-order chi connectivity index (χ1) is 10.0. The van der Waals surface area contributed by atoms with E-state index in [1.807, 2.05) is 18.2 Å². The van der Waals surface area contributed by atoms with E-state index in [2.05, 4.69) is 35.5 Å². The average molecular weight is 416 g/mol. The van der Waals surface area contributed by atoms with Crippen molar-refractivity contribution in [1.29, 1.82) is 0 Å². The molecule has 0 saturated heterocycles. The van der Waals surface area contributed by atoms with Crippen LogP contribution in [-0.2, 0) is 4.79 Å². The maximum absolute atomic E-state index is 11.6. The molecule has 122 valence electrons. The normalized spacial score (nSPS) is 14.4. The molecule has 1 aromatic carbocycles. The monoisotopic (exact) mass is 416 g/mol. The van der Waals surface area contributed by atoms with E-state index in [-0.39, 0.29) is 42.4 Å². The molecule has 0 aliphatic heterocycles. The number of hydrogen-bond donors (Lipinski definition) is 3. The minimum absolute atomic E-state index is 0. The highest BCUT2D eigenvalue weighted by atomic mass is 127. The van der Waals surface area contributed by atoms with E-state index < -0.39 is 0 Å². The SMILES string of the molecule is CC(C)c1cccc(NC(N)=NCC(=O)NCC2CC2)c1.I. The molecule has 0 radical (unpaired) electrons. The fourth-order valence-corrected chi connectivity index (χ4v) is 1.96. The smallest absolute Gasteiger partial charge is 0.241 e. The van der Waals surface area contributed by atoms with Gasteiger partial charge < -0.3 is 16.4 Å². The molecular weight excluding hydrogens is 391 g/mol. The topological polar surface area (TPSA) is 79.5 Å². The second-order valence-corrected chi connectivity index (χ2v) is 5.85. The van der Waals surface area contributed by atoms with Gasteiger partial charge in [-0.1, -0.05) is 26.0 Å². The Morgan fingerprint density at radius 3 is 2.77 bits per heavy atom. The lowest BCUT2D eigenvalue weighted by Gasteiger charge is -2.10. The van der Waals surface area contributed by atoms with E-state index in [9.17, 15) is 4.79 Å². The number of amides is 1. The van der Waals surface area contributed by atoms with Gasteiger partial charge in [0.05, 0.1) is 0 Å². The summed E-state index contributed by atoms with van der Waals surface area (Å²) in [5.41, 5.74) is 7.93. The standard InChI is InChI=1S/C16H24N4O.HI/c1-11(2)13-4-3-5-14(8-13)20-16(17)19-10-15(21)18-9-12-6-7-12;/h3-5,8,11-12H,6-7,9-10H2,1-2H3,(H,18,21)(H3,17,19,20);1H. The zero-order valence-corrected chi connectivity index (χ0v) is 15.5. The van der Waals surface area contributed by atoms with Gasteiger partial charge in [-0.3, -0.25) is 4.79 Å². The fraction of sp³-hybridized carbons (Fsp3) is 0.500. The van der Waals surface area contributed by atoms with Gasteiger partial charge in [0, 0.05) is 12.2 Å². The molecule has 6 heteroatoms. The molecule has 0 unspecified atom stereocenters. The van der Waals surface area contributed by atoms with Crippen LogP contribution in [0.1, 0.15) is 38.2 Å². The third kappa shape index (κ3) is 6.64. The molecule has 5 nitrogen and oxygen atoms in total. The van der Waals surface area contributed by atoms with Crippen molar-refractivity contribution in [2.24, 2.45) is 16.6 Å². The van der Waals surface area contributed by atoms with Crippen LogP contribution in [-0.4, -0.2) is 25.0 Å². The summed E-state index contributed by atoms with van der Waals surface area (Å²) >= 11 is 0. The number of rotatable bonds is 6. The Balaban J connectivity index is 0.00000242. The number of nitrogens with zero attached hydrogens (tertiary/aromatic N) is 1. The lowest BCUT2D eigenvalue weighted by atomic mass is 10.0. The number of hydrogen-bond acceptors (Lipinski definition) is 2. The van der Waals surface area contributed by atoms with Crippen LogP contribution >= 0.6 is 24.0 Å². The maximum Gasteiger partial charge on any atom is 0.241 e. The quantitative estimate of drug-likeness (QED) is 0.379. The second kappa shape index (κ2) is 8.97.